The van der Waals surface area contributed by atoms with Crippen LogP contribution >= 0.6 is 11.6 Å². The molecule has 1 N–H and O–H groups in total. The zero-order valence-electron chi connectivity index (χ0n) is 14.2. The Labute approximate surface area is 152 Å². The Balaban J connectivity index is 2.48. The zero-order valence-corrected chi connectivity index (χ0v) is 15.8. The molecule has 0 atom stereocenters. The normalized spacial score (nSPS) is 11.0. The lowest BCUT2D eigenvalue weighted by Crippen LogP contribution is -2.15. The average molecular weight is 386 g/mol. The van der Waals surface area contributed by atoms with Crippen LogP contribution in [-0.2, 0) is 10.0 Å². The second kappa shape index (κ2) is 8.31. The molecule has 0 aliphatic carbocycles. The van der Waals surface area contributed by atoms with Gasteiger partial charge in [-0.25, -0.2) is 8.42 Å². The smallest absolute Gasteiger partial charge is 0.265 e. The first-order valence-electron chi connectivity index (χ1n) is 7.67. The van der Waals surface area contributed by atoms with Crippen LogP contribution in [0.5, 0.6) is 17.2 Å². The fourth-order valence-corrected chi connectivity index (χ4v) is 3.58. The predicted molar refractivity (Wildman–Crippen MR) is 97.6 cm³/mol. The molecule has 0 amide bonds. The third-order valence-corrected chi connectivity index (χ3v) is 4.84. The van der Waals surface area contributed by atoms with Gasteiger partial charge in [0.05, 0.1) is 26.0 Å². The molecule has 0 aromatic heterocycles. The molecule has 0 saturated heterocycles. The van der Waals surface area contributed by atoms with Gasteiger partial charge in [0, 0.05) is 11.1 Å². The molecule has 0 radical (unpaired) electrons. The van der Waals surface area contributed by atoms with Gasteiger partial charge in [-0.3, -0.25) is 4.72 Å². The lowest BCUT2D eigenvalue weighted by atomic mass is 10.3. The number of halogens is 1. The summed E-state index contributed by atoms with van der Waals surface area (Å²) in [6, 6.07) is 9.32. The summed E-state index contributed by atoms with van der Waals surface area (Å²) in [4.78, 5) is -0.0256. The fraction of sp³-hybridized carbons (Fsp3) is 0.294. The van der Waals surface area contributed by atoms with E-state index < -0.39 is 10.0 Å². The van der Waals surface area contributed by atoms with E-state index in [1.807, 2.05) is 6.92 Å². The van der Waals surface area contributed by atoms with Crippen LogP contribution in [0.25, 0.3) is 0 Å². The molecule has 2 aromatic rings. The molecule has 6 nitrogen and oxygen atoms in total. The van der Waals surface area contributed by atoms with Crippen molar-refractivity contribution >= 4 is 27.3 Å². The maximum atomic E-state index is 12.9. The van der Waals surface area contributed by atoms with Crippen molar-refractivity contribution in [2.24, 2.45) is 0 Å². The molecule has 8 heteroatoms. The molecule has 2 rings (SSSR count). The van der Waals surface area contributed by atoms with Crippen LogP contribution < -0.4 is 18.9 Å². The molecule has 0 bridgehead atoms. The lowest BCUT2D eigenvalue weighted by Gasteiger charge is -2.16. The maximum absolute atomic E-state index is 12.9. The number of hydrogen-bond donors (Lipinski definition) is 1. The van der Waals surface area contributed by atoms with Crippen LogP contribution in [-0.4, -0.2) is 28.7 Å². The van der Waals surface area contributed by atoms with E-state index in [0.29, 0.717) is 29.7 Å². The second-order valence-electron chi connectivity index (χ2n) is 4.92. The van der Waals surface area contributed by atoms with Crippen LogP contribution in [0.1, 0.15) is 13.8 Å². The summed E-state index contributed by atoms with van der Waals surface area (Å²) in [7, 11) is -2.50. The molecule has 0 aliphatic heterocycles. The maximum Gasteiger partial charge on any atom is 0.265 e. The highest BCUT2D eigenvalue weighted by atomic mass is 35.5. The summed E-state index contributed by atoms with van der Waals surface area (Å²) in [5, 5.41) is 0.381. The summed E-state index contributed by atoms with van der Waals surface area (Å²) in [6.07, 6.45) is 0. The average Bonchev–Trinajstić information content (AvgIpc) is 2.56. The van der Waals surface area contributed by atoms with Gasteiger partial charge in [0.2, 0.25) is 0 Å². The molecule has 0 saturated carbocycles. The largest absolute Gasteiger partial charge is 0.495 e. The third kappa shape index (κ3) is 4.70. The molecular weight excluding hydrogens is 366 g/mol. The molecular formula is C17H20ClNO5S. The van der Waals surface area contributed by atoms with Gasteiger partial charge in [-0.05, 0) is 44.2 Å². The van der Waals surface area contributed by atoms with Crippen molar-refractivity contribution in [1.29, 1.82) is 0 Å². The van der Waals surface area contributed by atoms with E-state index in [1.54, 1.807) is 31.2 Å². The Bertz CT molecular complexity index is 839. The predicted octanol–water partition coefficient (Wildman–Crippen LogP) is 3.95. The number of hydrogen-bond acceptors (Lipinski definition) is 5. The highest BCUT2D eigenvalue weighted by Gasteiger charge is 2.22. The van der Waals surface area contributed by atoms with Crippen molar-refractivity contribution in [3.8, 4) is 17.2 Å². The summed E-state index contributed by atoms with van der Waals surface area (Å²) in [5.41, 5.74) is 0.235. The standard InChI is InChI=1S/C17H20ClNO5S/c1-4-23-13-7-9-16(24-5-2)17(11-13)25(20,21)19-14-10-12(18)6-8-15(14)22-3/h6-11,19H,4-5H2,1-3H3. The van der Waals surface area contributed by atoms with E-state index in [4.69, 9.17) is 25.8 Å². The van der Waals surface area contributed by atoms with E-state index >= 15 is 0 Å². The van der Waals surface area contributed by atoms with Gasteiger partial charge in [-0.2, -0.15) is 0 Å². The van der Waals surface area contributed by atoms with Crippen molar-refractivity contribution in [1.82, 2.24) is 0 Å². The van der Waals surface area contributed by atoms with E-state index in [2.05, 4.69) is 4.72 Å². The Morgan fingerprint density at radius 3 is 2.32 bits per heavy atom. The lowest BCUT2D eigenvalue weighted by molar-refractivity contribution is 0.322. The molecule has 0 spiro atoms. The Kier molecular flexibility index (Phi) is 6.39. The van der Waals surface area contributed by atoms with E-state index in [9.17, 15) is 8.42 Å². The monoisotopic (exact) mass is 385 g/mol. The summed E-state index contributed by atoms with van der Waals surface area (Å²) < 4.78 is 44.3. The highest BCUT2D eigenvalue weighted by molar-refractivity contribution is 7.92. The van der Waals surface area contributed by atoms with E-state index in [-0.39, 0.29) is 16.3 Å². The van der Waals surface area contributed by atoms with Gasteiger partial charge >= 0.3 is 0 Å². The van der Waals surface area contributed by atoms with E-state index in [0.717, 1.165) is 0 Å². The van der Waals surface area contributed by atoms with Crippen molar-refractivity contribution in [2.45, 2.75) is 18.7 Å². The number of anilines is 1. The van der Waals surface area contributed by atoms with Crippen molar-refractivity contribution in [3.05, 3.63) is 41.4 Å². The minimum absolute atomic E-state index is 0.0256. The molecule has 2 aromatic carbocycles. The zero-order chi connectivity index (χ0) is 18.4. The Hall–Kier alpha value is -2.12. The minimum Gasteiger partial charge on any atom is -0.495 e. The number of sulfonamides is 1. The minimum atomic E-state index is -3.95. The number of rotatable bonds is 8. The van der Waals surface area contributed by atoms with Crippen LogP contribution in [0, 0.1) is 0 Å². The van der Waals surface area contributed by atoms with Crippen LogP contribution in [0.15, 0.2) is 41.3 Å². The quantitative estimate of drug-likeness (QED) is 0.744. The molecule has 25 heavy (non-hydrogen) atoms. The molecule has 0 heterocycles. The summed E-state index contributed by atoms with van der Waals surface area (Å²) >= 11 is 5.96. The fourth-order valence-electron chi connectivity index (χ4n) is 2.19. The van der Waals surface area contributed by atoms with Crippen molar-refractivity contribution in [3.63, 3.8) is 0 Å². The number of ether oxygens (including phenoxy) is 3. The van der Waals surface area contributed by atoms with Gasteiger partial charge in [0.15, 0.2) is 0 Å². The Morgan fingerprint density at radius 1 is 1.00 bits per heavy atom. The number of nitrogens with one attached hydrogen (secondary N) is 1. The first-order valence-corrected chi connectivity index (χ1v) is 9.53. The topological polar surface area (TPSA) is 73.9 Å². The third-order valence-electron chi connectivity index (χ3n) is 3.22. The number of benzene rings is 2. The van der Waals surface area contributed by atoms with Crippen molar-refractivity contribution in [2.75, 3.05) is 25.0 Å². The molecule has 136 valence electrons. The highest BCUT2D eigenvalue weighted by Crippen LogP contribution is 2.33. The first kappa shape index (κ1) is 19.2. The number of methoxy groups -OCH3 is 1. The van der Waals surface area contributed by atoms with Crippen LogP contribution in [0.2, 0.25) is 5.02 Å². The van der Waals surface area contributed by atoms with Crippen molar-refractivity contribution < 1.29 is 22.6 Å². The summed E-state index contributed by atoms with van der Waals surface area (Å²) in [6.45, 7) is 4.35. The van der Waals surface area contributed by atoms with Gasteiger partial charge < -0.3 is 14.2 Å². The molecule has 0 unspecified atom stereocenters. The summed E-state index contributed by atoms with van der Waals surface area (Å²) in [5.74, 6) is 1.02. The van der Waals surface area contributed by atoms with Crippen LogP contribution in [0.3, 0.4) is 0 Å². The van der Waals surface area contributed by atoms with E-state index in [1.165, 1.54) is 19.2 Å². The van der Waals surface area contributed by atoms with Gasteiger partial charge in [-0.1, -0.05) is 11.6 Å². The molecule has 0 aliphatic rings. The molecule has 0 fully saturated rings. The van der Waals surface area contributed by atoms with Gasteiger partial charge in [0.1, 0.15) is 22.1 Å². The Morgan fingerprint density at radius 2 is 1.68 bits per heavy atom. The first-order chi connectivity index (χ1) is 11.9. The van der Waals surface area contributed by atoms with Gasteiger partial charge in [-0.15, -0.1) is 0 Å². The van der Waals surface area contributed by atoms with Crippen LogP contribution in [0.4, 0.5) is 5.69 Å². The van der Waals surface area contributed by atoms with Gasteiger partial charge in [0.25, 0.3) is 10.0 Å². The SMILES string of the molecule is CCOc1ccc(OCC)c(S(=O)(=O)Nc2cc(Cl)ccc2OC)c1. The second-order valence-corrected chi connectivity index (χ2v) is 7.01.